The number of hydrogen-bond donors (Lipinski definition) is 0. The van der Waals surface area contributed by atoms with E-state index in [0.29, 0.717) is 17.7 Å². The van der Waals surface area contributed by atoms with E-state index >= 15 is 0 Å². The van der Waals surface area contributed by atoms with Gasteiger partial charge in [-0.25, -0.2) is 0 Å². The zero-order valence-electron chi connectivity index (χ0n) is 13.3. The van der Waals surface area contributed by atoms with Crippen LogP contribution in [-0.4, -0.2) is 28.5 Å². The minimum Gasteiger partial charge on any atom is -0.465 e. The molecular weight excluding hydrogens is 300 g/mol. The maximum atomic E-state index is 11.3. The van der Waals surface area contributed by atoms with E-state index in [0.717, 1.165) is 5.56 Å². The Morgan fingerprint density at radius 1 is 1.23 bits per heavy atom. The van der Waals surface area contributed by atoms with Gasteiger partial charge in [0.15, 0.2) is 0 Å². The standard InChI is InChI=1S/C16H20N2O3S/c1-5-20-13(19)10-22-15-18-17-14(21-15)11-6-8-12(9-7-11)16(2,3)4/h6-9H,5,10H2,1-4H3. The van der Waals surface area contributed by atoms with Gasteiger partial charge < -0.3 is 9.15 Å². The molecule has 1 aromatic heterocycles. The molecule has 0 atom stereocenters. The van der Waals surface area contributed by atoms with Crippen LogP contribution in [0.4, 0.5) is 0 Å². The van der Waals surface area contributed by atoms with E-state index in [9.17, 15) is 4.79 Å². The van der Waals surface area contributed by atoms with Gasteiger partial charge in [-0.3, -0.25) is 4.79 Å². The Morgan fingerprint density at radius 2 is 1.91 bits per heavy atom. The average Bonchev–Trinajstić information content (AvgIpc) is 2.93. The van der Waals surface area contributed by atoms with Crippen molar-refractivity contribution in [2.75, 3.05) is 12.4 Å². The van der Waals surface area contributed by atoms with Gasteiger partial charge in [0.2, 0.25) is 5.89 Å². The highest BCUT2D eigenvalue weighted by atomic mass is 32.2. The van der Waals surface area contributed by atoms with Gasteiger partial charge in [-0.2, -0.15) is 0 Å². The molecule has 0 aliphatic carbocycles. The third-order valence-electron chi connectivity index (χ3n) is 3.02. The molecule has 0 unspecified atom stereocenters. The highest BCUT2D eigenvalue weighted by Crippen LogP contribution is 2.27. The molecule has 5 nitrogen and oxygen atoms in total. The number of aromatic nitrogens is 2. The molecule has 22 heavy (non-hydrogen) atoms. The Hall–Kier alpha value is -1.82. The normalized spacial score (nSPS) is 11.5. The Labute approximate surface area is 134 Å². The molecule has 0 aliphatic rings. The first-order chi connectivity index (χ1) is 10.4. The van der Waals surface area contributed by atoms with Crippen LogP contribution in [-0.2, 0) is 14.9 Å². The van der Waals surface area contributed by atoms with E-state index in [1.54, 1.807) is 6.92 Å². The predicted molar refractivity (Wildman–Crippen MR) is 85.8 cm³/mol. The number of thioether (sulfide) groups is 1. The fourth-order valence-electron chi connectivity index (χ4n) is 1.82. The van der Waals surface area contributed by atoms with E-state index in [1.807, 2.05) is 12.1 Å². The lowest BCUT2D eigenvalue weighted by Gasteiger charge is -2.18. The molecular formula is C16H20N2O3S. The van der Waals surface area contributed by atoms with E-state index < -0.39 is 0 Å². The summed E-state index contributed by atoms with van der Waals surface area (Å²) in [7, 11) is 0. The van der Waals surface area contributed by atoms with Crippen LogP contribution >= 0.6 is 11.8 Å². The molecule has 0 saturated heterocycles. The molecule has 2 aromatic rings. The van der Waals surface area contributed by atoms with Gasteiger partial charge in [0.05, 0.1) is 6.61 Å². The Kier molecular flexibility index (Phi) is 5.24. The zero-order valence-corrected chi connectivity index (χ0v) is 14.1. The van der Waals surface area contributed by atoms with Crippen LogP contribution in [0.3, 0.4) is 0 Å². The van der Waals surface area contributed by atoms with Crippen molar-refractivity contribution in [1.29, 1.82) is 0 Å². The van der Waals surface area contributed by atoms with Crippen LogP contribution < -0.4 is 0 Å². The number of ether oxygens (including phenoxy) is 1. The van der Waals surface area contributed by atoms with Crippen LogP contribution in [0.5, 0.6) is 0 Å². The number of esters is 1. The van der Waals surface area contributed by atoms with Gasteiger partial charge in [0, 0.05) is 5.56 Å². The molecule has 1 aromatic carbocycles. The molecule has 0 spiro atoms. The summed E-state index contributed by atoms with van der Waals surface area (Å²) in [6.45, 7) is 8.64. The van der Waals surface area contributed by atoms with E-state index in [2.05, 4.69) is 43.1 Å². The van der Waals surface area contributed by atoms with Crippen molar-refractivity contribution in [3.05, 3.63) is 29.8 Å². The fourth-order valence-corrected chi connectivity index (χ4v) is 2.38. The number of carbonyl (C=O) groups is 1. The summed E-state index contributed by atoms with van der Waals surface area (Å²) in [4.78, 5) is 11.3. The maximum Gasteiger partial charge on any atom is 0.316 e. The van der Waals surface area contributed by atoms with E-state index in [1.165, 1.54) is 17.3 Å². The first-order valence-electron chi connectivity index (χ1n) is 7.13. The predicted octanol–water partition coefficient (Wildman–Crippen LogP) is 3.69. The van der Waals surface area contributed by atoms with Crippen LogP contribution in [0.25, 0.3) is 11.5 Å². The average molecular weight is 320 g/mol. The first-order valence-corrected chi connectivity index (χ1v) is 8.11. The summed E-state index contributed by atoms with van der Waals surface area (Å²) in [5.74, 6) is 0.326. The van der Waals surface area contributed by atoms with Gasteiger partial charge in [-0.05, 0) is 30.0 Å². The number of rotatable bonds is 5. The third-order valence-corrected chi connectivity index (χ3v) is 3.82. The van der Waals surface area contributed by atoms with Crippen molar-refractivity contribution in [3.8, 4) is 11.5 Å². The molecule has 0 amide bonds. The quantitative estimate of drug-likeness (QED) is 0.618. The van der Waals surface area contributed by atoms with Crippen LogP contribution in [0.2, 0.25) is 0 Å². The van der Waals surface area contributed by atoms with Gasteiger partial charge >= 0.3 is 5.97 Å². The van der Waals surface area contributed by atoms with Gasteiger partial charge in [0.25, 0.3) is 5.22 Å². The second kappa shape index (κ2) is 6.96. The van der Waals surface area contributed by atoms with E-state index in [-0.39, 0.29) is 17.1 Å². The Balaban J connectivity index is 2.03. The molecule has 118 valence electrons. The minimum absolute atomic E-state index is 0.105. The largest absolute Gasteiger partial charge is 0.465 e. The SMILES string of the molecule is CCOC(=O)CSc1nnc(-c2ccc(C(C)(C)C)cc2)o1. The lowest BCUT2D eigenvalue weighted by Crippen LogP contribution is -2.10. The second-order valence-electron chi connectivity index (χ2n) is 5.79. The summed E-state index contributed by atoms with van der Waals surface area (Å²) in [5, 5.41) is 8.31. The van der Waals surface area contributed by atoms with Gasteiger partial charge in [-0.15, -0.1) is 10.2 Å². The summed E-state index contributed by atoms with van der Waals surface area (Å²) < 4.78 is 10.4. The number of nitrogens with zero attached hydrogens (tertiary/aromatic N) is 2. The molecule has 0 aliphatic heterocycles. The molecule has 1 heterocycles. The summed E-state index contributed by atoms with van der Waals surface area (Å²) >= 11 is 1.18. The number of carbonyl (C=O) groups excluding carboxylic acids is 1. The van der Waals surface area contributed by atoms with Crippen molar-refractivity contribution < 1.29 is 13.9 Å². The van der Waals surface area contributed by atoms with Crippen LogP contribution in [0, 0.1) is 0 Å². The van der Waals surface area contributed by atoms with Crippen LogP contribution in [0.15, 0.2) is 33.9 Å². The first kappa shape index (κ1) is 16.5. The summed E-state index contributed by atoms with van der Waals surface area (Å²) in [6.07, 6.45) is 0. The zero-order chi connectivity index (χ0) is 16.2. The molecule has 0 bridgehead atoms. The number of hydrogen-bond acceptors (Lipinski definition) is 6. The van der Waals surface area contributed by atoms with Gasteiger partial charge in [0.1, 0.15) is 5.75 Å². The maximum absolute atomic E-state index is 11.3. The van der Waals surface area contributed by atoms with E-state index in [4.69, 9.17) is 9.15 Å². The highest BCUT2D eigenvalue weighted by molar-refractivity contribution is 7.99. The number of benzene rings is 1. The lowest BCUT2D eigenvalue weighted by molar-refractivity contribution is -0.139. The Morgan fingerprint density at radius 3 is 2.50 bits per heavy atom. The van der Waals surface area contributed by atoms with Crippen LogP contribution in [0.1, 0.15) is 33.3 Å². The van der Waals surface area contributed by atoms with Crippen molar-refractivity contribution in [3.63, 3.8) is 0 Å². The van der Waals surface area contributed by atoms with Crippen molar-refractivity contribution >= 4 is 17.7 Å². The molecule has 0 N–H and O–H groups in total. The molecule has 2 rings (SSSR count). The third kappa shape index (κ3) is 4.34. The summed E-state index contributed by atoms with van der Waals surface area (Å²) in [6, 6.07) is 8.05. The monoisotopic (exact) mass is 320 g/mol. The minimum atomic E-state index is -0.290. The molecule has 6 heteroatoms. The van der Waals surface area contributed by atoms with Crippen molar-refractivity contribution in [2.45, 2.75) is 38.3 Å². The highest BCUT2D eigenvalue weighted by Gasteiger charge is 2.15. The van der Waals surface area contributed by atoms with Gasteiger partial charge in [-0.1, -0.05) is 44.7 Å². The smallest absolute Gasteiger partial charge is 0.316 e. The Bertz CT molecular complexity index is 630. The van der Waals surface area contributed by atoms with Crippen molar-refractivity contribution in [2.24, 2.45) is 0 Å². The fraction of sp³-hybridized carbons (Fsp3) is 0.438. The molecule has 0 radical (unpaired) electrons. The lowest BCUT2D eigenvalue weighted by atomic mass is 9.87. The topological polar surface area (TPSA) is 65.2 Å². The second-order valence-corrected chi connectivity index (χ2v) is 6.72. The van der Waals surface area contributed by atoms with Crippen molar-refractivity contribution in [1.82, 2.24) is 10.2 Å². The molecule has 0 saturated carbocycles. The molecule has 0 fully saturated rings. The summed E-state index contributed by atoms with van der Waals surface area (Å²) in [5.41, 5.74) is 2.21.